The maximum Gasteiger partial charge on any atom is 0.182 e. The second-order valence-corrected chi connectivity index (χ2v) is 6.28. The Morgan fingerprint density at radius 3 is 2.62 bits per heavy atom. The number of nitrogen functional groups attached to an aromatic ring is 1. The van der Waals surface area contributed by atoms with Crippen LogP contribution in [-0.2, 0) is 14.6 Å². The Hall–Kier alpha value is -0.860. The quantitative estimate of drug-likeness (QED) is 0.806. The van der Waals surface area contributed by atoms with Crippen LogP contribution in [0, 0.1) is 0 Å². The van der Waals surface area contributed by atoms with E-state index in [9.17, 15) is 8.42 Å². The first-order valence-electron chi connectivity index (χ1n) is 4.78. The summed E-state index contributed by atoms with van der Waals surface area (Å²) in [6, 6.07) is 0. The summed E-state index contributed by atoms with van der Waals surface area (Å²) in [4.78, 5) is 2.10. The number of sulfone groups is 1. The third-order valence-corrected chi connectivity index (χ3v) is 4.52. The molecule has 8 heteroatoms. The average molecular weight is 263 g/mol. The van der Waals surface area contributed by atoms with Crippen LogP contribution >= 0.6 is 11.5 Å². The van der Waals surface area contributed by atoms with Crippen molar-refractivity contribution in [3.8, 4) is 0 Å². The number of nitrogens with two attached hydrogens (primary N) is 1. The largest absolute Gasteiger partial charge is 0.382 e. The van der Waals surface area contributed by atoms with E-state index in [0.29, 0.717) is 31.3 Å². The number of nitrogens with zero attached hydrogens (tertiary/aromatic N) is 2. The van der Waals surface area contributed by atoms with Crippen molar-refractivity contribution in [3.63, 3.8) is 0 Å². The number of hydrogen-bond acceptors (Lipinski definition) is 7. The Bertz CT molecular complexity index is 477. The van der Waals surface area contributed by atoms with Gasteiger partial charge in [0.25, 0.3) is 0 Å². The lowest BCUT2D eigenvalue weighted by Gasteiger charge is -2.27. The summed E-state index contributed by atoms with van der Waals surface area (Å²) in [5.41, 5.74) is 5.60. The van der Waals surface area contributed by atoms with Gasteiger partial charge in [0.1, 0.15) is 9.90 Å². The van der Waals surface area contributed by atoms with E-state index in [0.717, 1.165) is 17.8 Å². The van der Waals surface area contributed by atoms with Crippen LogP contribution in [0.5, 0.6) is 0 Å². The van der Waals surface area contributed by atoms with Gasteiger partial charge >= 0.3 is 0 Å². The van der Waals surface area contributed by atoms with Gasteiger partial charge in [0, 0.05) is 19.3 Å². The van der Waals surface area contributed by atoms with Crippen LogP contribution in [0.3, 0.4) is 0 Å². The molecule has 2 rings (SSSR count). The molecule has 1 aliphatic rings. The average Bonchev–Trinajstić information content (AvgIpc) is 2.61. The minimum absolute atomic E-state index is 0.0917. The van der Waals surface area contributed by atoms with Crippen LogP contribution in [0.25, 0.3) is 0 Å². The van der Waals surface area contributed by atoms with Gasteiger partial charge in [-0.1, -0.05) is 0 Å². The summed E-state index contributed by atoms with van der Waals surface area (Å²) >= 11 is 1.13. The Morgan fingerprint density at radius 2 is 2.06 bits per heavy atom. The standard InChI is InChI=1S/C8H13N3O3S2/c1-16(12,13)6-7(9)10-15-8(6)11-2-4-14-5-3-11/h2-5H2,1H3,(H2,9,10). The Balaban J connectivity index is 2.41. The molecule has 16 heavy (non-hydrogen) atoms. The normalized spacial score (nSPS) is 17.7. The molecule has 2 N–H and O–H groups in total. The van der Waals surface area contributed by atoms with Gasteiger partial charge in [0.15, 0.2) is 15.7 Å². The molecule has 0 saturated carbocycles. The monoisotopic (exact) mass is 263 g/mol. The predicted octanol–water partition coefficient (Wildman–Crippen LogP) is -0.0346. The SMILES string of the molecule is CS(=O)(=O)c1c(N)nsc1N1CCOCC1. The van der Waals surface area contributed by atoms with Crippen molar-refractivity contribution in [2.75, 3.05) is 43.2 Å². The van der Waals surface area contributed by atoms with Crippen molar-refractivity contribution in [1.82, 2.24) is 4.37 Å². The number of hydrogen-bond donors (Lipinski definition) is 1. The molecular weight excluding hydrogens is 250 g/mol. The van der Waals surface area contributed by atoms with Crippen LogP contribution in [0.1, 0.15) is 0 Å². The summed E-state index contributed by atoms with van der Waals surface area (Å²) in [6.07, 6.45) is 1.15. The number of ether oxygens (including phenoxy) is 1. The molecule has 1 aliphatic heterocycles. The molecule has 0 radical (unpaired) electrons. The van der Waals surface area contributed by atoms with Gasteiger partial charge in [-0.2, -0.15) is 4.37 Å². The van der Waals surface area contributed by atoms with Crippen LogP contribution in [0.15, 0.2) is 4.90 Å². The molecule has 0 amide bonds. The molecule has 1 aromatic heterocycles. The molecule has 1 fully saturated rings. The number of rotatable bonds is 2. The van der Waals surface area contributed by atoms with Gasteiger partial charge in [0.2, 0.25) is 0 Å². The maximum absolute atomic E-state index is 11.6. The zero-order valence-electron chi connectivity index (χ0n) is 8.84. The van der Waals surface area contributed by atoms with Crippen molar-refractivity contribution in [1.29, 1.82) is 0 Å². The van der Waals surface area contributed by atoms with E-state index in [2.05, 4.69) is 4.37 Å². The van der Waals surface area contributed by atoms with Gasteiger partial charge in [-0.05, 0) is 11.5 Å². The van der Waals surface area contributed by atoms with E-state index in [1.54, 1.807) is 0 Å². The first-order valence-corrected chi connectivity index (χ1v) is 7.44. The molecule has 6 nitrogen and oxygen atoms in total. The van der Waals surface area contributed by atoms with Crippen molar-refractivity contribution in [3.05, 3.63) is 0 Å². The highest BCUT2D eigenvalue weighted by Crippen LogP contribution is 2.34. The van der Waals surface area contributed by atoms with Crippen molar-refractivity contribution < 1.29 is 13.2 Å². The van der Waals surface area contributed by atoms with Gasteiger partial charge < -0.3 is 15.4 Å². The molecule has 0 bridgehead atoms. The van der Waals surface area contributed by atoms with Crippen molar-refractivity contribution in [2.24, 2.45) is 0 Å². The van der Waals surface area contributed by atoms with E-state index >= 15 is 0 Å². The molecule has 0 unspecified atom stereocenters. The first-order chi connectivity index (χ1) is 7.50. The third kappa shape index (κ3) is 2.13. The highest BCUT2D eigenvalue weighted by molar-refractivity contribution is 7.91. The van der Waals surface area contributed by atoms with E-state index in [1.165, 1.54) is 0 Å². The zero-order valence-corrected chi connectivity index (χ0v) is 10.5. The highest BCUT2D eigenvalue weighted by Gasteiger charge is 2.26. The van der Waals surface area contributed by atoms with Crippen LogP contribution in [-0.4, -0.2) is 45.4 Å². The molecule has 0 aliphatic carbocycles. The topological polar surface area (TPSA) is 85.5 Å². The number of morpholine rings is 1. The summed E-state index contributed by atoms with van der Waals surface area (Å²) in [5, 5.41) is 0.628. The minimum atomic E-state index is -3.33. The summed E-state index contributed by atoms with van der Waals surface area (Å²) < 4.78 is 32.3. The first kappa shape index (κ1) is 11.6. The van der Waals surface area contributed by atoms with Crippen LogP contribution < -0.4 is 10.6 Å². The van der Waals surface area contributed by atoms with Gasteiger partial charge in [0.05, 0.1) is 13.2 Å². The zero-order chi connectivity index (χ0) is 11.8. The van der Waals surface area contributed by atoms with Crippen molar-refractivity contribution in [2.45, 2.75) is 4.90 Å². The van der Waals surface area contributed by atoms with Crippen LogP contribution in [0.4, 0.5) is 10.8 Å². The molecule has 0 aromatic carbocycles. The summed E-state index contributed by atoms with van der Waals surface area (Å²) in [5.74, 6) is 0.0917. The fourth-order valence-electron chi connectivity index (χ4n) is 1.60. The molecule has 0 spiro atoms. The Kier molecular flexibility index (Phi) is 3.04. The van der Waals surface area contributed by atoms with Gasteiger partial charge in [-0.15, -0.1) is 0 Å². The number of anilines is 2. The second-order valence-electron chi connectivity index (χ2n) is 3.57. The Labute approximate surface area is 98.1 Å². The second kappa shape index (κ2) is 4.19. The number of aromatic nitrogens is 1. The maximum atomic E-state index is 11.6. The van der Waals surface area contributed by atoms with Gasteiger partial charge in [-0.3, -0.25) is 0 Å². The van der Waals surface area contributed by atoms with E-state index in [1.807, 2.05) is 4.90 Å². The lowest BCUT2D eigenvalue weighted by atomic mass is 10.4. The predicted molar refractivity (Wildman–Crippen MR) is 62.7 cm³/mol. The molecule has 2 heterocycles. The fourth-order valence-corrected chi connectivity index (χ4v) is 3.86. The van der Waals surface area contributed by atoms with E-state index < -0.39 is 9.84 Å². The molecule has 90 valence electrons. The Morgan fingerprint density at radius 1 is 1.44 bits per heavy atom. The lowest BCUT2D eigenvalue weighted by Crippen LogP contribution is -2.36. The minimum Gasteiger partial charge on any atom is -0.382 e. The van der Waals surface area contributed by atoms with E-state index in [-0.39, 0.29) is 10.7 Å². The smallest absolute Gasteiger partial charge is 0.182 e. The van der Waals surface area contributed by atoms with Gasteiger partial charge in [-0.25, -0.2) is 8.42 Å². The fraction of sp³-hybridized carbons (Fsp3) is 0.625. The van der Waals surface area contributed by atoms with E-state index in [4.69, 9.17) is 10.5 Å². The third-order valence-electron chi connectivity index (χ3n) is 2.33. The molecule has 0 atom stereocenters. The molecule has 1 saturated heterocycles. The molecular formula is C8H13N3O3S2. The van der Waals surface area contributed by atoms with Crippen molar-refractivity contribution >= 4 is 32.2 Å². The lowest BCUT2D eigenvalue weighted by molar-refractivity contribution is 0.123. The van der Waals surface area contributed by atoms with Crippen LogP contribution in [0.2, 0.25) is 0 Å². The highest BCUT2D eigenvalue weighted by atomic mass is 32.2. The summed E-state index contributed by atoms with van der Waals surface area (Å²) in [7, 11) is -3.33. The molecule has 1 aromatic rings. The summed E-state index contributed by atoms with van der Waals surface area (Å²) in [6.45, 7) is 2.54.